The second-order valence-electron chi connectivity index (χ2n) is 10.2. The average molecular weight is 594 g/mol. The van der Waals surface area contributed by atoms with Gasteiger partial charge in [-0.1, -0.05) is 30.7 Å². The van der Waals surface area contributed by atoms with Crippen LogP contribution in [0.1, 0.15) is 50.8 Å². The van der Waals surface area contributed by atoms with E-state index in [1.165, 1.54) is 23.0 Å². The van der Waals surface area contributed by atoms with Crippen LogP contribution >= 0.6 is 23.4 Å². The average Bonchev–Trinajstić information content (AvgIpc) is 3.38. The fourth-order valence-electron chi connectivity index (χ4n) is 4.21. The molecule has 0 aliphatic carbocycles. The van der Waals surface area contributed by atoms with Crippen molar-refractivity contribution in [3.05, 3.63) is 69.2 Å². The van der Waals surface area contributed by atoms with Crippen LogP contribution in [-0.2, 0) is 27.0 Å². The minimum absolute atomic E-state index is 0.0115. The summed E-state index contributed by atoms with van der Waals surface area (Å²) >= 11 is 6.52. The first-order valence-electron chi connectivity index (χ1n) is 12.4. The lowest BCUT2D eigenvalue weighted by Gasteiger charge is -2.28. The van der Waals surface area contributed by atoms with Crippen LogP contribution in [0.3, 0.4) is 0 Å². The molecule has 40 heavy (non-hydrogen) atoms. The molecule has 1 aliphatic rings. The topological polar surface area (TPSA) is 81.5 Å². The second-order valence-corrected chi connectivity index (χ2v) is 11.7. The van der Waals surface area contributed by atoms with Crippen LogP contribution in [0.25, 0.3) is 17.0 Å². The van der Waals surface area contributed by atoms with E-state index in [9.17, 15) is 27.6 Å². The molecule has 0 spiro atoms. The van der Waals surface area contributed by atoms with Crippen LogP contribution in [0.5, 0.6) is 0 Å². The number of alkyl halides is 3. The van der Waals surface area contributed by atoms with Gasteiger partial charge in [-0.05, 0) is 74.0 Å². The summed E-state index contributed by atoms with van der Waals surface area (Å²) in [5, 5.41) is 4.31. The third kappa shape index (κ3) is 6.59. The maximum absolute atomic E-state index is 13.5. The van der Waals surface area contributed by atoms with E-state index in [0.717, 1.165) is 22.7 Å². The first kappa shape index (κ1) is 29.8. The van der Waals surface area contributed by atoms with Gasteiger partial charge in [0.25, 0.3) is 11.1 Å². The van der Waals surface area contributed by atoms with E-state index in [1.807, 2.05) is 20.8 Å². The van der Waals surface area contributed by atoms with Gasteiger partial charge in [-0.15, -0.1) is 0 Å². The molecular formula is C28H27ClF3N3O4S. The number of halogens is 4. The number of amides is 2. The monoisotopic (exact) mass is 593 g/mol. The summed E-state index contributed by atoms with van der Waals surface area (Å²) in [6.45, 7) is 6.88. The lowest BCUT2D eigenvalue weighted by atomic mass is 10.1. The molecule has 2 aromatic carbocycles. The lowest BCUT2D eigenvalue weighted by molar-refractivity contribution is -0.138. The number of benzene rings is 2. The van der Waals surface area contributed by atoms with E-state index >= 15 is 0 Å². The van der Waals surface area contributed by atoms with Gasteiger partial charge >= 0.3 is 6.18 Å². The standard InChI is InChI=1S/C28H27ClF3N3O4S/c1-5-23(36)22(15-39-27(2,3)4)35-25(37)24(40-26(35)38)11-16-6-9-21-18(10-16)13-33-34(21)14-17-7-8-19(29)12-20(17)28(30,31)32/h6-13,22H,5,14-15H2,1-4H3/b24-11-/t22-/m1/s1. The summed E-state index contributed by atoms with van der Waals surface area (Å²) in [6.07, 6.45) is -1.37. The van der Waals surface area contributed by atoms with Crippen molar-refractivity contribution in [2.45, 2.75) is 58.5 Å². The largest absolute Gasteiger partial charge is 0.416 e. The predicted molar refractivity (Wildman–Crippen MR) is 148 cm³/mol. The Kier molecular flexibility index (Phi) is 8.49. The normalized spacial score (nSPS) is 16.4. The molecule has 0 bridgehead atoms. The summed E-state index contributed by atoms with van der Waals surface area (Å²) in [4.78, 5) is 39.7. The van der Waals surface area contributed by atoms with Crippen molar-refractivity contribution >= 4 is 57.3 Å². The molecule has 1 atom stereocenters. The zero-order chi connectivity index (χ0) is 29.4. The van der Waals surface area contributed by atoms with E-state index in [1.54, 1.807) is 31.2 Å². The van der Waals surface area contributed by atoms with Crippen molar-refractivity contribution in [3.8, 4) is 0 Å². The highest BCUT2D eigenvalue weighted by Crippen LogP contribution is 2.36. The Morgan fingerprint density at radius 1 is 1.15 bits per heavy atom. The van der Waals surface area contributed by atoms with E-state index in [2.05, 4.69) is 5.10 Å². The Labute approximate surface area is 238 Å². The highest BCUT2D eigenvalue weighted by Gasteiger charge is 2.42. The Bertz CT molecular complexity index is 1510. The number of hydrogen-bond acceptors (Lipinski definition) is 6. The van der Waals surface area contributed by atoms with Crippen LogP contribution in [-0.4, -0.2) is 49.9 Å². The first-order chi connectivity index (χ1) is 18.7. The Hall–Kier alpha value is -3.15. The Morgan fingerprint density at radius 3 is 2.52 bits per heavy atom. The number of fused-ring (bicyclic) bond motifs is 1. The number of imide groups is 1. The van der Waals surface area contributed by atoms with Gasteiger partial charge in [-0.2, -0.15) is 18.3 Å². The SMILES string of the molecule is CCC(=O)[C@@H](COC(C)(C)C)N1C(=O)S/C(=C\c2ccc3c(cnn3Cc3ccc(Cl)cc3C(F)(F)F)c2)C1=O. The highest BCUT2D eigenvalue weighted by molar-refractivity contribution is 8.18. The zero-order valence-corrected chi connectivity index (χ0v) is 23.8. The maximum Gasteiger partial charge on any atom is 0.416 e. The molecule has 2 heterocycles. The number of thioether (sulfide) groups is 1. The molecule has 212 valence electrons. The molecule has 4 rings (SSSR count). The van der Waals surface area contributed by atoms with Crippen LogP contribution in [0.15, 0.2) is 47.5 Å². The summed E-state index contributed by atoms with van der Waals surface area (Å²) < 4.78 is 47.8. The van der Waals surface area contributed by atoms with E-state index < -0.39 is 34.5 Å². The summed E-state index contributed by atoms with van der Waals surface area (Å²) in [5.74, 6) is -0.867. The minimum atomic E-state index is -4.57. The van der Waals surface area contributed by atoms with Gasteiger partial charge in [0.05, 0.1) is 40.9 Å². The number of aromatic nitrogens is 2. The minimum Gasteiger partial charge on any atom is -0.373 e. The molecular weight excluding hydrogens is 567 g/mol. The zero-order valence-electron chi connectivity index (χ0n) is 22.2. The molecule has 7 nitrogen and oxygen atoms in total. The maximum atomic E-state index is 13.5. The fourth-order valence-corrected chi connectivity index (χ4v) is 5.26. The van der Waals surface area contributed by atoms with Gasteiger partial charge in [0.2, 0.25) is 0 Å². The lowest BCUT2D eigenvalue weighted by Crippen LogP contribution is -2.47. The quantitative estimate of drug-likeness (QED) is 0.263. The van der Waals surface area contributed by atoms with Gasteiger partial charge in [0, 0.05) is 16.8 Å². The fraction of sp³-hybridized carbons (Fsp3) is 0.357. The number of hydrogen-bond donors (Lipinski definition) is 0. The van der Waals surface area contributed by atoms with Gasteiger partial charge in [0.1, 0.15) is 6.04 Å². The number of Topliss-reactive ketones (excluding diaryl/α,β-unsaturated/α-hetero) is 1. The molecule has 0 unspecified atom stereocenters. The summed E-state index contributed by atoms with van der Waals surface area (Å²) in [5.41, 5.74) is -0.202. The molecule has 3 aromatic rings. The Morgan fingerprint density at radius 2 is 1.88 bits per heavy atom. The number of nitrogens with zero attached hydrogens (tertiary/aromatic N) is 3. The van der Waals surface area contributed by atoms with Crippen LogP contribution < -0.4 is 0 Å². The summed E-state index contributed by atoms with van der Waals surface area (Å²) in [7, 11) is 0. The third-order valence-corrected chi connectivity index (χ3v) is 7.31. The molecule has 1 saturated heterocycles. The van der Waals surface area contributed by atoms with Crippen molar-refractivity contribution in [1.29, 1.82) is 0 Å². The molecule has 1 aliphatic heterocycles. The predicted octanol–water partition coefficient (Wildman–Crippen LogP) is 6.96. The molecule has 0 N–H and O–H groups in total. The number of carbonyl (C=O) groups is 3. The van der Waals surface area contributed by atoms with Crippen LogP contribution in [0, 0.1) is 0 Å². The van der Waals surface area contributed by atoms with Crippen LogP contribution in [0.4, 0.5) is 18.0 Å². The molecule has 1 aromatic heterocycles. The molecule has 0 saturated carbocycles. The van der Waals surface area contributed by atoms with Crippen molar-refractivity contribution in [2.75, 3.05) is 6.61 Å². The first-order valence-corrected chi connectivity index (χ1v) is 13.6. The smallest absolute Gasteiger partial charge is 0.373 e. The van der Waals surface area contributed by atoms with Crippen LogP contribution in [0.2, 0.25) is 5.02 Å². The number of ketones is 1. The van der Waals surface area contributed by atoms with Gasteiger partial charge in [-0.3, -0.25) is 24.0 Å². The van der Waals surface area contributed by atoms with E-state index in [4.69, 9.17) is 16.3 Å². The van der Waals surface area contributed by atoms with Crippen molar-refractivity contribution in [3.63, 3.8) is 0 Å². The molecule has 0 radical (unpaired) electrons. The van der Waals surface area contributed by atoms with Crippen molar-refractivity contribution in [2.24, 2.45) is 0 Å². The van der Waals surface area contributed by atoms with Gasteiger partial charge in [0.15, 0.2) is 5.78 Å². The second kappa shape index (κ2) is 11.4. The van der Waals surface area contributed by atoms with E-state index in [0.29, 0.717) is 16.5 Å². The summed E-state index contributed by atoms with van der Waals surface area (Å²) in [6, 6.07) is 7.67. The highest BCUT2D eigenvalue weighted by atomic mass is 35.5. The molecule has 1 fully saturated rings. The molecule has 12 heteroatoms. The molecule has 2 amide bonds. The number of ether oxygens (including phenoxy) is 1. The van der Waals surface area contributed by atoms with Crippen molar-refractivity contribution in [1.82, 2.24) is 14.7 Å². The number of carbonyl (C=O) groups excluding carboxylic acids is 3. The van der Waals surface area contributed by atoms with Gasteiger partial charge < -0.3 is 4.74 Å². The Balaban J connectivity index is 1.59. The number of rotatable bonds is 8. The van der Waals surface area contributed by atoms with E-state index in [-0.39, 0.29) is 40.8 Å². The third-order valence-electron chi connectivity index (χ3n) is 6.19. The van der Waals surface area contributed by atoms with Crippen molar-refractivity contribution < 1.29 is 32.3 Å². The van der Waals surface area contributed by atoms with Gasteiger partial charge in [-0.25, -0.2) is 0 Å².